The molecule has 4 aromatic rings. The van der Waals surface area contributed by atoms with Gasteiger partial charge in [0, 0.05) is 43.5 Å². The number of aromatic nitrogens is 4. The quantitative estimate of drug-likeness (QED) is 0.488. The van der Waals surface area contributed by atoms with Gasteiger partial charge in [0.1, 0.15) is 18.0 Å². The highest BCUT2D eigenvalue weighted by Gasteiger charge is 2.10. The van der Waals surface area contributed by atoms with Crippen LogP contribution >= 0.6 is 0 Å². The molecule has 154 valence electrons. The minimum atomic E-state index is -3.25. The monoisotopic (exact) mass is 423 g/mol. The van der Waals surface area contributed by atoms with Gasteiger partial charge in [0.15, 0.2) is 9.84 Å². The third-order valence-corrected chi connectivity index (χ3v) is 5.59. The maximum absolute atomic E-state index is 11.7. The molecule has 0 aliphatic rings. The van der Waals surface area contributed by atoms with Crippen molar-refractivity contribution in [3.05, 3.63) is 60.9 Å². The molecule has 0 saturated heterocycles. The van der Waals surface area contributed by atoms with Crippen LogP contribution in [0.2, 0.25) is 0 Å². The van der Waals surface area contributed by atoms with E-state index in [0.29, 0.717) is 23.1 Å². The molecule has 2 N–H and O–H groups in total. The predicted molar refractivity (Wildman–Crippen MR) is 118 cm³/mol. The minimum Gasteiger partial charge on any atom is -0.378 e. The number of hydrogen-bond donors (Lipinski definition) is 2. The smallest absolute Gasteiger partial charge is 0.256 e. The number of anilines is 5. The Labute approximate surface area is 174 Å². The first-order valence-electron chi connectivity index (χ1n) is 9.12. The van der Waals surface area contributed by atoms with Crippen LogP contribution in [0, 0.1) is 0 Å². The molecule has 0 atom stereocenters. The zero-order valence-corrected chi connectivity index (χ0v) is 17.6. The van der Waals surface area contributed by atoms with E-state index in [0.717, 1.165) is 11.4 Å². The zero-order valence-electron chi connectivity index (χ0n) is 16.7. The lowest BCUT2D eigenvalue weighted by Gasteiger charge is -2.14. The van der Waals surface area contributed by atoms with Gasteiger partial charge in [-0.1, -0.05) is 0 Å². The van der Waals surface area contributed by atoms with E-state index in [4.69, 9.17) is 0 Å². The normalized spacial score (nSPS) is 11.4. The van der Waals surface area contributed by atoms with E-state index < -0.39 is 9.84 Å². The van der Waals surface area contributed by atoms with Crippen molar-refractivity contribution in [2.45, 2.75) is 4.90 Å². The van der Waals surface area contributed by atoms with Crippen LogP contribution in [0.25, 0.3) is 5.78 Å². The van der Waals surface area contributed by atoms with E-state index in [1.165, 1.54) is 12.6 Å². The highest BCUT2D eigenvalue weighted by Crippen LogP contribution is 2.24. The van der Waals surface area contributed by atoms with E-state index in [1.54, 1.807) is 28.8 Å². The van der Waals surface area contributed by atoms with Crippen LogP contribution in [0.3, 0.4) is 0 Å². The van der Waals surface area contributed by atoms with Gasteiger partial charge in [0.25, 0.3) is 5.78 Å². The van der Waals surface area contributed by atoms with Gasteiger partial charge in [0.2, 0.25) is 0 Å². The Morgan fingerprint density at radius 2 is 1.57 bits per heavy atom. The molecule has 0 aliphatic carbocycles. The molecule has 0 bridgehead atoms. The molecule has 0 saturated carbocycles. The number of sulfone groups is 1. The standard InChI is InChI=1S/C20H21N7O2S/c1-26(2)16-8-4-14(5-9-16)23-18-12-19(27-20(25-18)21-13-22-27)24-15-6-10-17(11-7-15)30(3,28)29/h4-13,24H,1-3H3,(H,21,22,23,25). The van der Waals surface area contributed by atoms with Crippen molar-refractivity contribution in [1.82, 2.24) is 19.6 Å². The Bertz CT molecular complexity index is 1280. The molecule has 2 aromatic carbocycles. The Morgan fingerprint density at radius 3 is 2.20 bits per heavy atom. The molecule has 10 heteroatoms. The lowest BCUT2D eigenvalue weighted by atomic mass is 10.2. The van der Waals surface area contributed by atoms with Gasteiger partial charge in [-0.2, -0.15) is 19.6 Å². The second-order valence-corrected chi connectivity index (χ2v) is 9.00. The molecule has 0 unspecified atom stereocenters. The van der Waals surface area contributed by atoms with Crippen molar-refractivity contribution >= 4 is 44.3 Å². The lowest BCUT2D eigenvalue weighted by molar-refractivity contribution is 0.602. The predicted octanol–water partition coefficient (Wildman–Crippen LogP) is 3.08. The van der Waals surface area contributed by atoms with Gasteiger partial charge >= 0.3 is 0 Å². The molecule has 4 rings (SSSR count). The highest BCUT2D eigenvalue weighted by molar-refractivity contribution is 7.90. The molecule has 2 aromatic heterocycles. The van der Waals surface area contributed by atoms with Crippen molar-refractivity contribution in [2.24, 2.45) is 0 Å². The highest BCUT2D eigenvalue weighted by atomic mass is 32.2. The largest absolute Gasteiger partial charge is 0.378 e. The van der Waals surface area contributed by atoms with E-state index in [9.17, 15) is 8.42 Å². The summed E-state index contributed by atoms with van der Waals surface area (Å²) >= 11 is 0. The zero-order chi connectivity index (χ0) is 21.3. The number of benzene rings is 2. The average molecular weight is 424 g/mol. The second-order valence-electron chi connectivity index (χ2n) is 6.99. The fourth-order valence-electron chi connectivity index (χ4n) is 2.89. The molecule has 0 aliphatic heterocycles. The van der Waals surface area contributed by atoms with Crippen molar-refractivity contribution < 1.29 is 8.42 Å². The third-order valence-electron chi connectivity index (χ3n) is 4.46. The van der Waals surface area contributed by atoms with Crippen molar-refractivity contribution in [2.75, 3.05) is 35.9 Å². The summed E-state index contributed by atoms with van der Waals surface area (Å²) in [6.07, 6.45) is 2.61. The SMILES string of the molecule is CN(C)c1ccc(Nc2cc(Nc3ccc(S(C)(=O)=O)cc3)n3ncnc3n2)cc1. The first kappa shape index (κ1) is 19.6. The van der Waals surface area contributed by atoms with Crippen molar-refractivity contribution in [3.8, 4) is 0 Å². The van der Waals surface area contributed by atoms with E-state index in [-0.39, 0.29) is 4.90 Å². The van der Waals surface area contributed by atoms with Gasteiger partial charge in [-0.25, -0.2) is 8.42 Å². The molecular formula is C20H21N7O2S. The maximum Gasteiger partial charge on any atom is 0.256 e. The summed E-state index contributed by atoms with van der Waals surface area (Å²) in [6.45, 7) is 0. The Kier molecular flexibility index (Phi) is 5.00. The average Bonchev–Trinajstić information content (AvgIpc) is 3.17. The molecule has 9 nitrogen and oxygen atoms in total. The molecule has 0 spiro atoms. The van der Waals surface area contributed by atoms with E-state index in [1.807, 2.05) is 49.3 Å². The number of fused-ring (bicyclic) bond motifs is 1. The van der Waals surface area contributed by atoms with Crippen LogP contribution in [-0.2, 0) is 9.84 Å². The topological polar surface area (TPSA) is 105 Å². The number of nitrogens with one attached hydrogen (secondary N) is 2. The van der Waals surface area contributed by atoms with Crippen LogP contribution in [0.5, 0.6) is 0 Å². The third kappa shape index (κ3) is 4.18. The first-order valence-corrected chi connectivity index (χ1v) is 11.0. The van der Waals surface area contributed by atoms with E-state index in [2.05, 4.69) is 25.7 Å². The van der Waals surface area contributed by atoms with Crippen LogP contribution < -0.4 is 15.5 Å². The van der Waals surface area contributed by atoms with Gasteiger partial charge in [-0.3, -0.25) is 0 Å². The fraction of sp³-hybridized carbons (Fsp3) is 0.150. The Hall–Kier alpha value is -3.66. The molecule has 0 radical (unpaired) electrons. The summed E-state index contributed by atoms with van der Waals surface area (Å²) < 4.78 is 24.9. The number of hydrogen-bond acceptors (Lipinski definition) is 8. The summed E-state index contributed by atoms with van der Waals surface area (Å²) in [5, 5.41) is 10.7. The summed E-state index contributed by atoms with van der Waals surface area (Å²) in [6, 6.07) is 16.3. The fourth-order valence-corrected chi connectivity index (χ4v) is 3.52. The van der Waals surface area contributed by atoms with Crippen molar-refractivity contribution in [1.29, 1.82) is 0 Å². The van der Waals surface area contributed by atoms with Gasteiger partial charge in [0.05, 0.1) is 4.90 Å². The van der Waals surface area contributed by atoms with Crippen LogP contribution in [0.15, 0.2) is 65.8 Å². The molecule has 0 fully saturated rings. The lowest BCUT2D eigenvalue weighted by Crippen LogP contribution is -2.08. The molecule has 30 heavy (non-hydrogen) atoms. The van der Waals surface area contributed by atoms with Gasteiger partial charge < -0.3 is 15.5 Å². The second kappa shape index (κ2) is 7.64. The molecular weight excluding hydrogens is 402 g/mol. The Morgan fingerprint density at radius 1 is 0.933 bits per heavy atom. The Balaban J connectivity index is 1.62. The minimum absolute atomic E-state index is 0.261. The van der Waals surface area contributed by atoms with Crippen LogP contribution in [-0.4, -0.2) is 48.4 Å². The van der Waals surface area contributed by atoms with Crippen LogP contribution in [0.4, 0.5) is 28.7 Å². The van der Waals surface area contributed by atoms with Gasteiger partial charge in [-0.05, 0) is 48.5 Å². The van der Waals surface area contributed by atoms with E-state index >= 15 is 0 Å². The first-order chi connectivity index (χ1) is 14.3. The maximum atomic E-state index is 11.7. The van der Waals surface area contributed by atoms with Crippen LogP contribution in [0.1, 0.15) is 0 Å². The summed E-state index contributed by atoms with van der Waals surface area (Å²) in [5.41, 5.74) is 2.70. The van der Waals surface area contributed by atoms with Crippen molar-refractivity contribution in [3.63, 3.8) is 0 Å². The summed E-state index contributed by atoms with van der Waals surface area (Å²) in [4.78, 5) is 11.0. The number of rotatable bonds is 6. The molecule has 0 amide bonds. The van der Waals surface area contributed by atoms with Gasteiger partial charge in [-0.15, -0.1) is 0 Å². The molecule has 2 heterocycles. The summed E-state index contributed by atoms with van der Waals surface area (Å²) in [7, 11) is 0.733. The number of nitrogens with zero attached hydrogens (tertiary/aromatic N) is 5. The summed E-state index contributed by atoms with van der Waals surface area (Å²) in [5.74, 6) is 1.67.